The fourth-order valence-corrected chi connectivity index (χ4v) is 6.80. The Bertz CT molecular complexity index is 1090. The first kappa shape index (κ1) is 24.5. The molecule has 3 N–H and O–H groups in total. The van der Waals surface area contributed by atoms with Gasteiger partial charge in [0.2, 0.25) is 0 Å². The van der Waals surface area contributed by atoms with E-state index in [1.165, 1.54) is 0 Å². The Balaban J connectivity index is 2.04. The molecule has 6 heteroatoms. The van der Waals surface area contributed by atoms with E-state index in [0.717, 1.165) is 23.1 Å². The molecule has 6 nitrogen and oxygen atoms in total. The summed E-state index contributed by atoms with van der Waals surface area (Å²) in [6, 6.07) is 0. The molecular weight excluding hydrogens is 432 g/mol. The van der Waals surface area contributed by atoms with E-state index >= 15 is 0 Å². The number of allylic oxidation sites excluding steroid dienone is 1. The van der Waals surface area contributed by atoms with Crippen molar-refractivity contribution in [2.75, 3.05) is 0 Å². The van der Waals surface area contributed by atoms with Crippen LogP contribution in [0.1, 0.15) is 98.9 Å². The predicted molar refractivity (Wildman–Crippen MR) is 130 cm³/mol. The van der Waals surface area contributed by atoms with Crippen LogP contribution in [-0.2, 0) is 0 Å². The zero-order valence-corrected chi connectivity index (χ0v) is 20.8. The van der Waals surface area contributed by atoms with Crippen LogP contribution in [-0.4, -0.2) is 39.6 Å². The number of aromatic hydroxyl groups is 2. The number of phenolic OH excluding ortho intramolecular Hbond substituents is 2. The van der Waals surface area contributed by atoms with Crippen LogP contribution >= 0.6 is 0 Å². The molecule has 4 rings (SSSR count). The van der Waals surface area contributed by atoms with Gasteiger partial charge in [0.25, 0.3) is 0 Å². The standard InChI is InChI=1S/C28H36O6/c1-14(2)11-20-21-24(32)18(12-29)23(31)19(13-30)25(21)34-26-22-17(15(3)4)8-7-16(5)28(22,33)10-9-27(20,26)6/h12-14,20,22,26,31-33H,5,7-11H2,1-4,6H3. The average molecular weight is 469 g/mol. The number of aliphatic hydroxyl groups is 1. The first-order valence-corrected chi connectivity index (χ1v) is 12.2. The highest BCUT2D eigenvalue weighted by molar-refractivity contribution is 5.95. The predicted octanol–water partition coefficient (Wildman–Crippen LogP) is 5.45. The Morgan fingerprint density at radius 1 is 1.12 bits per heavy atom. The SMILES string of the molecule is C=C1CCC(=C(C)C)C2C3Oc4c(C=O)c(O)c(C=O)c(O)c4C(CC(C)C)C3(C)CCC12O. The van der Waals surface area contributed by atoms with E-state index in [4.69, 9.17) is 4.74 Å². The van der Waals surface area contributed by atoms with Crippen LogP contribution in [0.2, 0.25) is 0 Å². The minimum Gasteiger partial charge on any atom is -0.507 e. The summed E-state index contributed by atoms with van der Waals surface area (Å²) < 4.78 is 6.59. The molecule has 0 spiro atoms. The van der Waals surface area contributed by atoms with E-state index in [9.17, 15) is 24.9 Å². The number of carbonyl (C=O) groups is 2. The van der Waals surface area contributed by atoms with Crippen molar-refractivity contribution in [3.05, 3.63) is 40.0 Å². The first-order chi connectivity index (χ1) is 15.9. The van der Waals surface area contributed by atoms with Crippen LogP contribution in [0.15, 0.2) is 23.3 Å². The van der Waals surface area contributed by atoms with E-state index in [1.807, 2.05) is 13.8 Å². The van der Waals surface area contributed by atoms with E-state index in [1.54, 1.807) is 0 Å². The number of ether oxygens (including phenoxy) is 1. The quantitative estimate of drug-likeness (QED) is 0.401. The van der Waals surface area contributed by atoms with Gasteiger partial charge in [-0.15, -0.1) is 0 Å². The average Bonchev–Trinajstić information content (AvgIpc) is 2.76. The van der Waals surface area contributed by atoms with Crippen LogP contribution in [0.3, 0.4) is 0 Å². The lowest BCUT2D eigenvalue weighted by Gasteiger charge is -2.60. The summed E-state index contributed by atoms with van der Waals surface area (Å²) in [6.45, 7) is 14.6. The number of hydrogen-bond acceptors (Lipinski definition) is 6. The molecule has 1 heterocycles. The molecule has 5 unspecified atom stereocenters. The highest BCUT2D eigenvalue weighted by Crippen LogP contribution is 2.65. The van der Waals surface area contributed by atoms with Crippen molar-refractivity contribution in [2.24, 2.45) is 17.3 Å². The van der Waals surface area contributed by atoms with Crippen molar-refractivity contribution in [1.82, 2.24) is 0 Å². The molecule has 34 heavy (non-hydrogen) atoms. The van der Waals surface area contributed by atoms with Crippen molar-refractivity contribution < 1.29 is 29.6 Å². The normalized spacial score (nSPS) is 32.4. The molecule has 0 radical (unpaired) electrons. The summed E-state index contributed by atoms with van der Waals surface area (Å²) in [6.07, 6.45) is 3.70. The molecule has 0 aromatic heterocycles. The van der Waals surface area contributed by atoms with Gasteiger partial charge in [-0.3, -0.25) is 9.59 Å². The fourth-order valence-electron chi connectivity index (χ4n) is 6.80. The summed E-state index contributed by atoms with van der Waals surface area (Å²) in [5.74, 6) is -1.11. The second-order valence-corrected chi connectivity index (χ2v) is 11.3. The van der Waals surface area contributed by atoms with Crippen molar-refractivity contribution >= 4 is 12.6 Å². The maximum absolute atomic E-state index is 12.1. The Kier molecular flexibility index (Phi) is 5.96. The maximum atomic E-state index is 12.1. The summed E-state index contributed by atoms with van der Waals surface area (Å²) in [5, 5.41) is 33.7. The molecule has 1 aliphatic heterocycles. The van der Waals surface area contributed by atoms with Crippen LogP contribution in [0.25, 0.3) is 0 Å². The molecule has 2 aliphatic carbocycles. The maximum Gasteiger partial charge on any atom is 0.157 e. The first-order valence-electron chi connectivity index (χ1n) is 12.2. The molecule has 184 valence electrons. The van der Waals surface area contributed by atoms with Gasteiger partial charge in [-0.1, -0.05) is 38.5 Å². The molecule has 0 bridgehead atoms. The van der Waals surface area contributed by atoms with Gasteiger partial charge in [0.1, 0.15) is 23.4 Å². The monoisotopic (exact) mass is 468 g/mol. The Morgan fingerprint density at radius 2 is 1.76 bits per heavy atom. The van der Waals surface area contributed by atoms with Crippen molar-refractivity contribution in [1.29, 1.82) is 0 Å². The minimum atomic E-state index is -1.12. The Labute approximate surface area is 201 Å². The molecule has 3 aliphatic rings. The number of fused-ring (bicyclic) bond motifs is 4. The number of hydrogen-bond donors (Lipinski definition) is 3. The molecule has 1 aromatic carbocycles. The number of benzene rings is 1. The van der Waals surface area contributed by atoms with Gasteiger partial charge in [-0.05, 0) is 57.4 Å². The number of aldehydes is 2. The van der Waals surface area contributed by atoms with Gasteiger partial charge in [0, 0.05) is 16.9 Å². The molecular formula is C28H36O6. The summed E-state index contributed by atoms with van der Waals surface area (Å²) in [4.78, 5) is 23.9. The van der Waals surface area contributed by atoms with E-state index in [0.29, 0.717) is 43.8 Å². The third-order valence-corrected chi connectivity index (χ3v) is 8.68. The van der Waals surface area contributed by atoms with Gasteiger partial charge in [-0.25, -0.2) is 0 Å². The third-order valence-electron chi connectivity index (χ3n) is 8.68. The summed E-state index contributed by atoms with van der Waals surface area (Å²) >= 11 is 0. The fraction of sp³-hybridized carbons (Fsp3) is 0.571. The van der Waals surface area contributed by atoms with Gasteiger partial charge >= 0.3 is 0 Å². The van der Waals surface area contributed by atoms with E-state index in [-0.39, 0.29) is 40.4 Å². The smallest absolute Gasteiger partial charge is 0.157 e. The van der Waals surface area contributed by atoms with Gasteiger partial charge in [0.05, 0.1) is 22.6 Å². The second kappa shape index (κ2) is 8.26. The van der Waals surface area contributed by atoms with Gasteiger partial charge in [0.15, 0.2) is 12.6 Å². The summed E-state index contributed by atoms with van der Waals surface area (Å²) in [5.41, 5.74) is 1.46. The molecule has 1 aromatic rings. The van der Waals surface area contributed by atoms with Crippen molar-refractivity contribution in [3.63, 3.8) is 0 Å². The van der Waals surface area contributed by atoms with Crippen molar-refractivity contribution in [2.45, 2.75) is 84.3 Å². The lowest BCUT2D eigenvalue weighted by Crippen LogP contribution is -2.63. The molecule has 5 atom stereocenters. The lowest BCUT2D eigenvalue weighted by molar-refractivity contribution is -0.139. The van der Waals surface area contributed by atoms with Crippen LogP contribution in [0, 0.1) is 17.3 Å². The number of rotatable bonds is 4. The second-order valence-electron chi connectivity index (χ2n) is 11.3. The third kappa shape index (κ3) is 3.25. The highest BCUT2D eigenvalue weighted by atomic mass is 16.5. The zero-order chi connectivity index (χ0) is 25.2. The zero-order valence-electron chi connectivity index (χ0n) is 20.8. The van der Waals surface area contributed by atoms with Crippen LogP contribution < -0.4 is 4.74 Å². The van der Waals surface area contributed by atoms with Gasteiger partial charge < -0.3 is 20.1 Å². The molecule has 2 fully saturated rings. The molecule has 0 amide bonds. The van der Waals surface area contributed by atoms with E-state index in [2.05, 4.69) is 27.4 Å². The number of phenols is 2. The topological polar surface area (TPSA) is 104 Å². The van der Waals surface area contributed by atoms with E-state index < -0.39 is 22.9 Å². The van der Waals surface area contributed by atoms with Crippen molar-refractivity contribution in [3.8, 4) is 17.2 Å². The van der Waals surface area contributed by atoms with Crippen LogP contribution in [0.4, 0.5) is 0 Å². The largest absolute Gasteiger partial charge is 0.507 e. The number of carbonyl (C=O) groups excluding carboxylic acids is 2. The van der Waals surface area contributed by atoms with Gasteiger partial charge in [-0.2, -0.15) is 0 Å². The minimum absolute atomic E-state index is 0.122. The van der Waals surface area contributed by atoms with Crippen LogP contribution in [0.5, 0.6) is 17.2 Å². The molecule has 0 saturated heterocycles. The lowest BCUT2D eigenvalue weighted by atomic mass is 9.49. The summed E-state index contributed by atoms with van der Waals surface area (Å²) in [7, 11) is 0. The Hall–Kier alpha value is -2.60. The molecule has 2 saturated carbocycles. The highest BCUT2D eigenvalue weighted by Gasteiger charge is 2.63. The Morgan fingerprint density at radius 3 is 2.32 bits per heavy atom.